The van der Waals surface area contributed by atoms with Gasteiger partial charge >= 0.3 is 0 Å². The summed E-state index contributed by atoms with van der Waals surface area (Å²) in [6, 6.07) is 8.77. The molecule has 1 aromatic carbocycles. The van der Waals surface area contributed by atoms with E-state index in [1.54, 1.807) is 17.5 Å². The molecule has 3 saturated carbocycles. The van der Waals surface area contributed by atoms with Crippen LogP contribution in [0.3, 0.4) is 0 Å². The van der Waals surface area contributed by atoms with Crippen molar-refractivity contribution in [3.8, 4) is 11.8 Å². The van der Waals surface area contributed by atoms with Gasteiger partial charge in [0.2, 0.25) is 0 Å². The predicted octanol–water partition coefficient (Wildman–Crippen LogP) is 8.32. The standard InChI is InChI=1S/C14H18B.C11H15BNS.C10H14BO.3Y/c1-2-11-5-3-6-12(9-11)10-13-7-4-8-14(13)15;12-10-5-1-3-9(10)4-2-6-11-13-7-8-14-11;1-12-8-3-2-5-9-6-4-7-10(9)11;;;/h3,5-6,9,13-14H,1-2,4,7-8,10H2;7,9-10H,1-6H2;9-10H,1,4-8H2;;;/q3*-1;;;. The number of benzene rings is 1. The Hall–Kier alpha value is 1.88. The molecule has 0 amide bonds. The quantitative estimate of drug-likeness (QED) is 0.144. The second-order valence-corrected chi connectivity index (χ2v) is 12.9. The van der Waals surface area contributed by atoms with Crippen LogP contribution in [-0.2, 0) is 122 Å². The van der Waals surface area contributed by atoms with Crippen LogP contribution in [0, 0.1) is 49.0 Å². The van der Waals surface area contributed by atoms with E-state index in [2.05, 4.69) is 65.2 Å². The van der Waals surface area contributed by atoms with E-state index in [-0.39, 0.29) is 98.1 Å². The zero-order chi connectivity index (χ0) is 29.3. The summed E-state index contributed by atoms with van der Waals surface area (Å²) in [6.45, 7) is 4.35. The van der Waals surface area contributed by atoms with E-state index >= 15 is 0 Å². The zero-order valence-corrected chi connectivity index (χ0v) is 36.1. The number of nitrogens with zero attached hydrogens (tertiary/aromatic N) is 1. The van der Waals surface area contributed by atoms with Gasteiger partial charge in [-0.25, -0.2) is 7.11 Å². The van der Waals surface area contributed by atoms with Gasteiger partial charge in [-0.05, 0) is 36.2 Å². The maximum atomic E-state index is 6.09. The van der Waals surface area contributed by atoms with E-state index in [9.17, 15) is 0 Å². The molecule has 6 unspecified atom stereocenters. The second-order valence-electron chi connectivity index (χ2n) is 12.0. The van der Waals surface area contributed by atoms with Crippen molar-refractivity contribution in [1.29, 1.82) is 0 Å². The van der Waals surface area contributed by atoms with Crippen LogP contribution in [0.25, 0.3) is 0 Å². The Morgan fingerprint density at radius 1 is 0.864 bits per heavy atom. The predicted molar refractivity (Wildman–Crippen MR) is 177 cm³/mol. The van der Waals surface area contributed by atoms with Gasteiger partial charge in [0.1, 0.15) is 0 Å². The fourth-order valence-corrected chi connectivity index (χ4v) is 7.03. The first kappa shape index (κ1) is 45.9. The Morgan fingerprint density at radius 3 is 2.02 bits per heavy atom. The van der Waals surface area contributed by atoms with Crippen molar-refractivity contribution < 1.29 is 103 Å². The Morgan fingerprint density at radius 2 is 1.48 bits per heavy atom. The Labute approximate surface area is 354 Å². The van der Waals surface area contributed by atoms with Crippen LogP contribution in [0.15, 0.2) is 30.5 Å². The number of aromatic nitrogens is 1. The van der Waals surface area contributed by atoms with E-state index in [0.29, 0.717) is 35.9 Å². The van der Waals surface area contributed by atoms with Crippen molar-refractivity contribution in [1.82, 2.24) is 4.98 Å². The van der Waals surface area contributed by atoms with E-state index in [4.69, 9.17) is 23.5 Å². The molecule has 6 atom stereocenters. The summed E-state index contributed by atoms with van der Waals surface area (Å²) in [6.07, 6.45) is 19.7. The molecule has 0 bridgehead atoms. The number of hydrogen-bond acceptors (Lipinski definition) is 3. The molecule has 0 aliphatic heterocycles. The van der Waals surface area contributed by atoms with Crippen LogP contribution in [0.1, 0.15) is 93.2 Å². The van der Waals surface area contributed by atoms with Crippen molar-refractivity contribution in [3.05, 3.63) is 66.0 Å². The minimum atomic E-state index is 0. The Balaban J connectivity index is 0.000000613. The first-order chi connectivity index (χ1) is 20.0. The summed E-state index contributed by atoms with van der Waals surface area (Å²) in [7, 11) is 21.2. The molecule has 225 valence electrons. The van der Waals surface area contributed by atoms with E-state index in [1.165, 1.54) is 80.3 Å². The van der Waals surface area contributed by atoms with Gasteiger partial charge in [0.15, 0.2) is 0 Å². The largest absolute Gasteiger partial charge is 0.546 e. The molecule has 2 nitrogen and oxygen atoms in total. The number of aryl methyl sites for hydroxylation is 1. The molecule has 2 aromatic rings. The number of hydrogen-bond donors (Lipinski definition) is 0. The fraction of sp³-hybridized carbons (Fsp3) is 0.629. The van der Waals surface area contributed by atoms with E-state index in [1.807, 2.05) is 0 Å². The first-order valence-electron chi connectivity index (χ1n) is 15.8. The van der Waals surface area contributed by atoms with Crippen LogP contribution in [-0.4, -0.2) is 35.1 Å². The summed E-state index contributed by atoms with van der Waals surface area (Å²) in [5.41, 5.74) is 2.76. The SMILES string of the molecule is [B]C1CCCC1CC#CCO[CH2-].[B]C1CCCC1CCCc1nc[c-]s1.[B]C1CCCC1Cc1cccc(C[CH2-])c1.[Y].[Y].[Y]. The Kier molecular flexibility index (Phi) is 28.9. The van der Waals surface area contributed by atoms with Crippen molar-refractivity contribution >= 4 is 34.9 Å². The zero-order valence-electron chi connectivity index (χ0n) is 26.8. The summed E-state index contributed by atoms with van der Waals surface area (Å²) < 4.78 is 4.58. The molecule has 0 spiro atoms. The van der Waals surface area contributed by atoms with Gasteiger partial charge < -0.3 is 28.0 Å². The van der Waals surface area contributed by atoms with Crippen molar-refractivity contribution in [2.75, 3.05) is 6.61 Å². The van der Waals surface area contributed by atoms with Crippen LogP contribution in [0.2, 0.25) is 17.5 Å². The minimum absolute atomic E-state index is 0. The van der Waals surface area contributed by atoms with Crippen molar-refractivity contribution in [2.24, 2.45) is 17.8 Å². The van der Waals surface area contributed by atoms with Gasteiger partial charge in [-0.2, -0.15) is 11.8 Å². The topological polar surface area (TPSA) is 22.1 Å². The van der Waals surface area contributed by atoms with Crippen molar-refractivity contribution in [2.45, 2.75) is 114 Å². The number of ether oxygens (including phenoxy) is 1. The van der Waals surface area contributed by atoms with Crippen LogP contribution >= 0.6 is 11.3 Å². The Bertz CT molecular complexity index is 1040. The minimum Gasteiger partial charge on any atom is -0.546 e. The molecule has 5 rings (SSSR count). The summed E-state index contributed by atoms with van der Waals surface area (Å²) >= 11 is 1.64. The summed E-state index contributed by atoms with van der Waals surface area (Å²) in [5, 5.41) is 4.24. The molecule has 44 heavy (non-hydrogen) atoms. The number of rotatable bonds is 9. The fourth-order valence-electron chi connectivity index (χ4n) is 6.43. The first-order valence-corrected chi connectivity index (χ1v) is 16.6. The molecule has 9 heteroatoms. The molecular formula is C35H47B3NOSY3-3. The maximum Gasteiger partial charge on any atom is 0.0750 e. The van der Waals surface area contributed by atoms with Gasteiger partial charge in [0.25, 0.3) is 0 Å². The normalized spacial score (nSPS) is 25.0. The summed E-state index contributed by atoms with van der Waals surface area (Å²) in [5.74, 6) is 9.31. The maximum absolute atomic E-state index is 6.09. The second kappa shape index (κ2) is 27.7. The molecule has 9 radical (unpaired) electrons. The molecule has 0 N–H and O–H groups in total. The molecule has 1 heterocycles. The van der Waals surface area contributed by atoms with Crippen LogP contribution in [0.4, 0.5) is 0 Å². The van der Waals surface area contributed by atoms with E-state index in [0.717, 1.165) is 38.0 Å². The molecule has 3 aliphatic rings. The third-order valence-corrected chi connectivity index (χ3v) is 9.77. The molecular weight excluding hydrogens is 782 g/mol. The third kappa shape index (κ3) is 18.0. The van der Waals surface area contributed by atoms with E-state index < -0.39 is 0 Å². The van der Waals surface area contributed by atoms with Gasteiger partial charge in [0.05, 0.1) is 30.1 Å². The third-order valence-electron chi connectivity index (χ3n) is 9.00. The van der Waals surface area contributed by atoms with Crippen LogP contribution < -0.4 is 0 Å². The van der Waals surface area contributed by atoms with Crippen molar-refractivity contribution in [3.63, 3.8) is 0 Å². The summed E-state index contributed by atoms with van der Waals surface area (Å²) in [4.78, 5) is 4.23. The molecule has 3 aliphatic carbocycles. The van der Waals surface area contributed by atoms with Gasteiger partial charge in [-0.15, -0.1) is 5.92 Å². The molecule has 1 aromatic heterocycles. The van der Waals surface area contributed by atoms with Gasteiger partial charge in [-0.1, -0.05) is 135 Å². The average Bonchev–Trinajstić information content (AvgIpc) is 3.80. The smallest absolute Gasteiger partial charge is 0.0750 e. The monoisotopic (exact) mass is 829 g/mol. The number of thiazole rings is 1. The average molecular weight is 829 g/mol. The van der Waals surface area contributed by atoms with Gasteiger partial charge in [-0.3, -0.25) is 0 Å². The molecule has 0 saturated heterocycles. The molecule has 3 fully saturated rings. The van der Waals surface area contributed by atoms with Crippen LogP contribution in [0.5, 0.6) is 0 Å². The van der Waals surface area contributed by atoms with Gasteiger partial charge in [0, 0.05) is 105 Å².